The summed E-state index contributed by atoms with van der Waals surface area (Å²) in [5.74, 6) is -0.491. The predicted octanol–water partition coefficient (Wildman–Crippen LogP) is 0.514. The number of carbonyl (C=O) groups excluding carboxylic acids is 1. The van der Waals surface area contributed by atoms with Crippen LogP contribution in [0, 0.1) is 5.82 Å². The van der Waals surface area contributed by atoms with Gasteiger partial charge in [-0.25, -0.2) is 9.18 Å². The maximum absolute atomic E-state index is 13.8. The van der Waals surface area contributed by atoms with E-state index in [9.17, 15) is 9.18 Å². The third-order valence-electron chi connectivity index (χ3n) is 2.83. The van der Waals surface area contributed by atoms with Crippen LogP contribution in [0.5, 0.6) is 0 Å². The molecule has 1 aromatic carbocycles. The van der Waals surface area contributed by atoms with E-state index >= 15 is 0 Å². The van der Waals surface area contributed by atoms with E-state index in [0.29, 0.717) is 12.2 Å². The number of nitrogens with zero attached hydrogens (tertiary/aromatic N) is 1. The normalized spacial score (nSPS) is 18.6. The van der Waals surface area contributed by atoms with Crippen molar-refractivity contribution in [3.8, 4) is 0 Å². The van der Waals surface area contributed by atoms with Crippen LogP contribution < -0.4 is 16.0 Å². The quantitative estimate of drug-likeness (QED) is 0.725. The van der Waals surface area contributed by atoms with Crippen molar-refractivity contribution >= 4 is 17.5 Å². The number of hydrogen-bond donors (Lipinski definition) is 3. The Balaban J connectivity index is 2.13. The van der Waals surface area contributed by atoms with Gasteiger partial charge >= 0.3 is 6.09 Å². The molecule has 2 rings (SSSR count). The van der Waals surface area contributed by atoms with Crippen LogP contribution in [0.15, 0.2) is 18.2 Å². The number of anilines is 2. The van der Waals surface area contributed by atoms with Crippen molar-refractivity contribution in [3.63, 3.8) is 0 Å². The van der Waals surface area contributed by atoms with Crippen molar-refractivity contribution in [3.05, 3.63) is 24.0 Å². The maximum Gasteiger partial charge on any atom is 0.414 e. The summed E-state index contributed by atoms with van der Waals surface area (Å²) in [6.07, 6.45) is -0.881. The summed E-state index contributed by atoms with van der Waals surface area (Å²) in [4.78, 5) is 12.9. The zero-order valence-electron chi connectivity index (χ0n) is 10.3. The summed E-state index contributed by atoms with van der Waals surface area (Å²) < 4.78 is 18.8. The molecule has 0 aromatic heterocycles. The van der Waals surface area contributed by atoms with E-state index in [-0.39, 0.29) is 31.5 Å². The first kappa shape index (κ1) is 13.6. The fourth-order valence-electron chi connectivity index (χ4n) is 1.86. The first-order valence-corrected chi connectivity index (χ1v) is 5.98. The minimum atomic E-state index is -0.522. The largest absolute Gasteiger partial charge is 0.443 e. The number of nitrogens with one attached hydrogen (secondary N) is 1. The molecule has 0 saturated carbocycles. The van der Waals surface area contributed by atoms with Gasteiger partial charge in [0.25, 0.3) is 0 Å². The second-order valence-electron chi connectivity index (χ2n) is 4.17. The number of carbonyl (C=O) groups is 1. The number of rotatable bonds is 5. The third kappa shape index (κ3) is 2.94. The van der Waals surface area contributed by atoms with Crippen LogP contribution in [0.1, 0.15) is 0 Å². The number of nitrogens with two attached hydrogens (primary N) is 1. The first-order valence-electron chi connectivity index (χ1n) is 5.98. The Morgan fingerprint density at radius 3 is 2.95 bits per heavy atom. The molecule has 0 bridgehead atoms. The van der Waals surface area contributed by atoms with Crippen molar-refractivity contribution in [1.82, 2.24) is 0 Å². The number of aliphatic hydroxyl groups is 1. The molecule has 1 saturated heterocycles. The van der Waals surface area contributed by atoms with Crippen LogP contribution in [0.25, 0.3) is 0 Å². The number of benzene rings is 1. The topological polar surface area (TPSA) is 87.8 Å². The number of cyclic esters (lactones) is 1. The van der Waals surface area contributed by atoms with Crippen molar-refractivity contribution in [2.75, 3.05) is 36.5 Å². The third-order valence-corrected chi connectivity index (χ3v) is 2.83. The Hall–Kier alpha value is -1.86. The second-order valence-corrected chi connectivity index (χ2v) is 4.17. The highest BCUT2D eigenvalue weighted by Gasteiger charge is 2.31. The monoisotopic (exact) mass is 269 g/mol. The molecule has 1 heterocycles. The van der Waals surface area contributed by atoms with Crippen molar-refractivity contribution in [2.24, 2.45) is 5.73 Å². The number of hydrogen-bond acceptors (Lipinski definition) is 5. The number of ether oxygens (including phenoxy) is 1. The Bertz CT molecular complexity index is 470. The molecule has 1 unspecified atom stereocenters. The molecule has 1 aromatic rings. The Morgan fingerprint density at radius 2 is 2.37 bits per heavy atom. The van der Waals surface area contributed by atoms with Gasteiger partial charge in [0.15, 0.2) is 0 Å². The number of amides is 1. The highest BCUT2D eigenvalue weighted by molar-refractivity contribution is 5.90. The molecular formula is C12H16FN3O3. The van der Waals surface area contributed by atoms with Gasteiger partial charge in [-0.05, 0) is 18.2 Å². The molecule has 4 N–H and O–H groups in total. The molecule has 1 aliphatic heterocycles. The molecule has 0 aliphatic carbocycles. The average Bonchev–Trinajstić information content (AvgIpc) is 2.78. The standard InChI is InChI=1S/C12H16FN3O3/c13-10-5-8(1-2-11(10)15-3-4-17)16-7-9(6-14)19-12(16)18/h1-2,5,9,15,17H,3-4,6-7,14H2. The summed E-state index contributed by atoms with van der Waals surface area (Å²) in [6, 6.07) is 4.38. The van der Waals surface area contributed by atoms with Crippen LogP contribution in [-0.2, 0) is 4.74 Å². The van der Waals surface area contributed by atoms with Crippen LogP contribution in [0.2, 0.25) is 0 Å². The second kappa shape index (κ2) is 5.85. The summed E-state index contributed by atoms with van der Waals surface area (Å²) in [5.41, 5.74) is 6.14. The minimum Gasteiger partial charge on any atom is -0.443 e. The molecule has 1 amide bonds. The molecule has 1 fully saturated rings. The molecule has 1 atom stereocenters. The highest BCUT2D eigenvalue weighted by Crippen LogP contribution is 2.25. The molecule has 6 nitrogen and oxygen atoms in total. The molecular weight excluding hydrogens is 253 g/mol. The van der Waals surface area contributed by atoms with Gasteiger partial charge in [-0.3, -0.25) is 4.90 Å². The average molecular weight is 269 g/mol. The molecule has 1 aliphatic rings. The van der Waals surface area contributed by atoms with E-state index in [4.69, 9.17) is 15.6 Å². The Kier molecular flexibility index (Phi) is 4.18. The van der Waals surface area contributed by atoms with Gasteiger partial charge in [0.1, 0.15) is 11.9 Å². The van der Waals surface area contributed by atoms with E-state index in [2.05, 4.69) is 5.32 Å². The molecule has 0 spiro atoms. The Morgan fingerprint density at radius 1 is 1.58 bits per heavy atom. The lowest BCUT2D eigenvalue weighted by atomic mass is 10.2. The fourth-order valence-corrected chi connectivity index (χ4v) is 1.86. The van der Waals surface area contributed by atoms with Crippen LogP contribution in [-0.4, -0.2) is 43.5 Å². The number of aliphatic hydroxyl groups excluding tert-OH is 1. The van der Waals surface area contributed by atoms with Crippen molar-refractivity contribution in [2.45, 2.75) is 6.10 Å². The van der Waals surface area contributed by atoms with E-state index in [1.165, 1.54) is 17.0 Å². The SMILES string of the molecule is NCC1CN(c2ccc(NCCO)c(F)c2)C(=O)O1. The van der Waals surface area contributed by atoms with Gasteiger partial charge in [-0.1, -0.05) is 0 Å². The van der Waals surface area contributed by atoms with E-state index < -0.39 is 11.9 Å². The highest BCUT2D eigenvalue weighted by atomic mass is 19.1. The summed E-state index contributed by atoms with van der Waals surface area (Å²) in [5, 5.41) is 11.4. The van der Waals surface area contributed by atoms with Crippen molar-refractivity contribution < 1.29 is 19.0 Å². The lowest BCUT2D eigenvalue weighted by Crippen LogP contribution is -2.27. The van der Waals surface area contributed by atoms with Crippen molar-refractivity contribution in [1.29, 1.82) is 0 Å². The zero-order valence-corrected chi connectivity index (χ0v) is 10.3. The first-order chi connectivity index (χ1) is 9.15. The lowest BCUT2D eigenvalue weighted by Gasteiger charge is -2.14. The zero-order chi connectivity index (χ0) is 13.8. The van der Waals surface area contributed by atoms with Gasteiger partial charge in [0.2, 0.25) is 0 Å². The summed E-state index contributed by atoms with van der Waals surface area (Å²) in [7, 11) is 0. The Labute approximate surface area is 109 Å². The fraction of sp³-hybridized carbons (Fsp3) is 0.417. The predicted molar refractivity (Wildman–Crippen MR) is 68.6 cm³/mol. The van der Waals surface area contributed by atoms with E-state index in [1.807, 2.05) is 0 Å². The lowest BCUT2D eigenvalue weighted by molar-refractivity contribution is 0.145. The molecule has 19 heavy (non-hydrogen) atoms. The molecule has 104 valence electrons. The maximum atomic E-state index is 13.8. The van der Waals surface area contributed by atoms with Gasteiger partial charge < -0.3 is 20.9 Å². The molecule has 7 heteroatoms. The van der Waals surface area contributed by atoms with Gasteiger partial charge in [-0.15, -0.1) is 0 Å². The van der Waals surface area contributed by atoms with Gasteiger partial charge in [0.05, 0.1) is 24.5 Å². The minimum absolute atomic E-state index is 0.0855. The number of halogens is 1. The smallest absolute Gasteiger partial charge is 0.414 e. The van der Waals surface area contributed by atoms with Crippen LogP contribution >= 0.6 is 0 Å². The van der Waals surface area contributed by atoms with Gasteiger partial charge in [-0.2, -0.15) is 0 Å². The van der Waals surface area contributed by atoms with Crippen LogP contribution in [0.3, 0.4) is 0 Å². The molecule has 0 radical (unpaired) electrons. The summed E-state index contributed by atoms with van der Waals surface area (Å²) >= 11 is 0. The van der Waals surface area contributed by atoms with E-state index in [1.54, 1.807) is 6.07 Å². The van der Waals surface area contributed by atoms with Crippen LogP contribution in [0.4, 0.5) is 20.6 Å². The van der Waals surface area contributed by atoms with Gasteiger partial charge in [0, 0.05) is 13.1 Å². The van der Waals surface area contributed by atoms with E-state index in [0.717, 1.165) is 0 Å². The summed E-state index contributed by atoms with van der Waals surface area (Å²) in [6.45, 7) is 0.730.